The van der Waals surface area contributed by atoms with E-state index in [1.54, 1.807) is 11.3 Å². The fraction of sp³-hybridized carbons (Fsp3) is 0.444. The van der Waals surface area contributed by atoms with Crippen LogP contribution >= 0.6 is 11.3 Å². The molecule has 1 aliphatic heterocycles. The fourth-order valence-electron chi connectivity index (χ4n) is 2.84. The topological polar surface area (TPSA) is 45.7 Å². The Morgan fingerprint density at radius 2 is 2.33 bits per heavy atom. The summed E-state index contributed by atoms with van der Waals surface area (Å²) in [6.45, 7) is 1.95. The first-order valence-electron chi connectivity index (χ1n) is 8.19. The molecule has 0 spiro atoms. The average Bonchev–Trinajstić information content (AvgIpc) is 3.14. The normalized spacial score (nSPS) is 17.8. The van der Waals surface area contributed by atoms with Gasteiger partial charge in [-0.05, 0) is 42.0 Å². The van der Waals surface area contributed by atoms with E-state index in [0.717, 1.165) is 24.2 Å². The quantitative estimate of drug-likeness (QED) is 0.836. The lowest BCUT2D eigenvalue weighted by Crippen LogP contribution is -2.45. The molecule has 0 bridgehead atoms. The SMILES string of the molecule is CN(C)c1cc(CC[C@H]2CN(C(=O)c3ccsc3)CCO2)ccn1. The van der Waals surface area contributed by atoms with Crippen LogP contribution in [0.1, 0.15) is 22.3 Å². The highest BCUT2D eigenvalue weighted by molar-refractivity contribution is 7.08. The van der Waals surface area contributed by atoms with Crippen LogP contribution in [-0.2, 0) is 11.2 Å². The summed E-state index contributed by atoms with van der Waals surface area (Å²) in [5, 5.41) is 3.85. The van der Waals surface area contributed by atoms with E-state index in [9.17, 15) is 4.79 Å². The molecule has 2 aromatic rings. The van der Waals surface area contributed by atoms with Crippen LogP contribution in [0, 0.1) is 0 Å². The van der Waals surface area contributed by atoms with Gasteiger partial charge in [0.15, 0.2) is 0 Å². The van der Waals surface area contributed by atoms with Crippen LogP contribution in [-0.4, -0.2) is 55.7 Å². The Morgan fingerprint density at radius 3 is 3.08 bits per heavy atom. The standard InChI is InChI=1S/C18H23N3O2S/c1-20(2)17-11-14(5-7-19-17)3-4-16-12-21(8-9-23-16)18(22)15-6-10-24-13-15/h5-7,10-11,13,16H,3-4,8-9,12H2,1-2H3/t16-/m0/s1. The Morgan fingerprint density at radius 1 is 1.46 bits per heavy atom. The minimum Gasteiger partial charge on any atom is -0.375 e. The molecular weight excluding hydrogens is 322 g/mol. The van der Waals surface area contributed by atoms with Crippen LogP contribution in [0.15, 0.2) is 35.2 Å². The van der Waals surface area contributed by atoms with Crippen molar-refractivity contribution >= 4 is 23.1 Å². The van der Waals surface area contributed by atoms with E-state index in [1.165, 1.54) is 5.56 Å². The highest BCUT2D eigenvalue weighted by Gasteiger charge is 2.25. The maximum atomic E-state index is 12.5. The van der Waals surface area contributed by atoms with E-state index >= 15 is 0 Å². The third kappa shape index (κ3) is 4.13. The maximum Gasteiger partial charge on any atom is 0.254 e. The summed E-state index contributed by atoms with van der Waals surface area (Å²) in [4.78, 5) is 20.7. The van der Waals surface area contributed by atoms with Crippen molar-refractivity contribution in [3.8, 4) is 0 Å². The molecule has 128 valence electrons. The molecule has 24 heavy (non-hydrogen) atoms. The second-order valence-corrected chi connectivity index (χ2v) is 6.99. The number of carbonyl (C=O) groups excluding carboxylic acids is 1. The first-order valence-corrected chi connectivity index (χ1v) is 9.13. The lowest BCUT2D eigenvalue weighted by molar-refractivity contribution is -0.0245. The van der Waals surface area contributed by atoms with Gasteiger partial charge in [0, 0.05) is 38.8 Å². The molecule has 1 fully saturated rings. The lowest BCUT2D eigenvalue weighted by atomic mass is 10.1. The van der Waals surface area contributed by atoms with Crippen LogP contribution < -0.4 is 4.90 Å². The zero-order valence-corrected chi connectivity index (χ0v) is 15.0. The van der Waals surface area contributed by atoms with Gasteiger partial charge in [-0.3, -0.25) is 4.79 Å². The van der Waals surface area contributed by atoms with Crippen molar-refractivity contribution in [1.29, 1.82) is 0 Å². The number of morpholine rings is 1. The van der Waals surface area contributed by atoms with E-state index in [1.807, 2.05) is 53.0 Å². The number of aryl methyl sites for hydroxylation is 1. The second kappa shape index (κ2) is 7.77. The van der Waals surface area contributed by atoms with Gasteiger partial charge in [-0.2, -0.15) is 11.3 Å². The number of hydrogen-bond donors (Lipinski definition) is 0. The minimum absolute atomic E-state index is 0.0947. The Balaban J connectivity index is 1.56. The summed E-state index contributed by atoms with van der Waals surface area (Å²) in [6, 6.07) is 6.04. The Hall–Kier alpha value is -1.92. The number of anilines is 1. The van der Waals surface area contributed by atoms with Crippen LogP contribution in [0.3, 0.4) is 0 Å². The van der Waals surface area contributed by atoms with Crippen molar-refractivity contribution in [3.05, 3.63) is 46.3 Å². The molecule has 5 nitrogen and oxygen atoms in total. The number of pyridine rings is 1. The molecule has 0 saturated carbocycles. The second-order valence-electron chi connectivity index (χ2n) is 6.21. The van der Waals surface area contributed by atoms with E-state index in [2.05, 4.69) is 11.1 Å². The van der Waals surface area contributed by atoms with E-state index in [4.69, 9.17) is 4.74 Å². The van der Waals surface area contributed by atoms with Gasteiger partial charge in [0.05, 0.1) is 18.3 Å². The molecular formula is C18H23N3O2S. The molecule has 0 aliphatic carbocycles. The maximum absolute atomic E-state index is 12.5. The van der Waals surface area contributed by atoms with Gasteiger partial charge >= 0.3 is 0 Å². The third-order valence-corrected chi connectivity index (χ3v) is 4.90. The van der Waals surface area contributed by atoms with Gasteiger partial charge in [-0.15, -0.1) is 0 Å². The molecule has 6 heteroatoms. The van der Waals surface area contributed by atoms with Crippen molar-refractivity contribution in [3.63, 3.8) is 0 Å². The molecule has 3 rings (SSSR count). The summed E-state index contributed by atoms with van der Waals surface area (Å²) in [5.41, 5.74) is 2.03. The van der Waals surface area contributed by atoms with Crippen LogP contribution in [0.4, 0.5) is 5.82 Å². The number of carbonyl (C=O) groups is 1. The number of aromatic nitrogens is 1. The van der Waals surface area contributed by atoms with Gasteiger partial charge in [0.2, 0.25) is 0 Å². The molecule has 0 radical (unpaired) electrons. The van der Waals surface area contributed by atoms with Gasteiger partial charge in [0.1, 0.15) is 5.82 Å². The zero-order chi connectivity index (χ0) is 16.9. The number of hydrogen-bond acceptors (Lipinski definition) is 5. The summed E-state index contributed by atoms with van der Waals surface area (Å²) in [7, 11) is 3.98. The van der Waals surface area contributed by atoms with Crippen LogP contribution in [0.25, 0.3) is 0 Å². The van der Waals surface area contributed by atoms with Crippen molar-refractivity contribution in [2.75, 3.05) is 38.7 Å². The van der Waals surface area contributed by atoms with Crippen molar-refractivity contribution in [2.45, 2.75) is 18.9 Å². The zero-order valence-electron chi connectivity index (χ0n) is 14.1. The summed E-state index contributed by atoms with van der Waals surface area (Å²) in [6.07, 6.45) is 3.77. The summed E-state index contributed by atoms with van der Waals surface area (Å²) in [5.74, 6) is 1.08. The van der Waals surface area contributed by atoms with Crippen molar-refractivity contribution in [1.82, 2.24) is 9.88 Å². The van der Waals surface area contributed by atoms with Crippen LogP contribution in [0.2, 0.25) is 0 Å². The Bertz CT molecular complexity index is 673. The molecule has 1 saturated heterocycles. The number of nitrogens with zero attached hydrogens (tertiary/aromatic N) is 3. The molecule has 3 heterocycles. The summed E-state index contributed by atoms with van der Waals surface area (Å²) < 4.78 is 5.86. The van der Waals surface area contributed by atoms with E-state index in [0.29, 0.717) is 19.7 Å². The predicted molar refractivity (Wildman–Crippen MR) is 96.8 cm³/mol. The highest BCUT2D eigenvalue weighted by Crippen LogP contribution is 2.17. The van der Waals surface area contributed by atoms with E-state index in [-0.39, 0.29) is 12.0 Å². The highest BCUT2D eigenvalue weighted by atomic mass is 32.1. The van der Waals surface area contributed by atoms with Gasteiger partial charge in [-0.1, -0.05) is 0 Å². The van der Waals surface area contributed by atoms with Crippen molar-refractivity contribution < 1.29 is 9.53 Å². The number of ether oxygens (including phenoxy) is 1. The number of rotatable bonds is 5. The largest absolute Gasteiger partial charge is 0.375 e. The molecule has 1 atom stereocenters. The lowest BCUT2D eigenvalue weighted by Gasteiger charge is -2.33. The Labute approximate surface area is 146 Å². The van der Waals surface area contributed by atoms with Crippen molar-refractivity contribution in [2.24, 2.45) is 0 Å². The molecule has 1 aliphatic rings. The minimum atomic E-state index is 0.0947. The smallest absolute Gasteiger partial charge is 0.254 e. The first kappa shape index (κ1) is 16.9. The number of thiophene rings is 1. The van der Waals surface area contributed by atoms with Crippen LogP contribution in [0.5, 0.6) is 0 Å². The molecule has 0 N–H and O–H groups in total. The van der Waals surface area contributed by atoms with E-state index < -0.39 is 0 Å². The first-order chi connectivity index (χ1) is 11.6. The molecule has 2 aromatic heterocycles. The third-order valence-electron chi connectivity index (χ3n) is 4.22. The van der Waals surface area contributed by atoms with Gasteiger partial charge < -0.3 is 14.5 Å². The molecule has 0 aromatic carbocycles. The molecule has 1 amide bonds. The number of amides is 1. The monoisotopic (exact) mass is 345 g/mol. The molecule has 0 unspecified atom stereocenters. The average molecular weight is 345 g/mol. The fourth-order valence-corrected chi connectivity index (χ4v) is 3.47. The predicted octanol–water partition coefficient (Wildman–Crippen LogP) is 2.68. The van der Waals surface area contributed by atoms with Gasteiger partial charge in [-0.25, -0.2) is 4.98 Å². The van der Waals surface area contributed by atoms with Gasteiger partial charge in [0.25, 0.3) is 5.91 Å². The summed E-state index contributed by atoms with van der Waals surface area (Å²) >= 11 is 1.56. The Kier molecular flexibility index (Phi) is 5.48.